The van der Waals surface area contributed by atoms with Crippen LogP contribution in [0.4, 0.5) is 10.6 Å². The van der Waals surface area contributed by atoms with Crippen molar-refractivity contribution in [2.24, 2.45) is 4.99 Å². The zero-order chi connectivity index (χ0) is 24.7. The molecule has 0 N–H and O–H groups in total. The monoisotopic (exact) mass is 480 g/mol. The van der Waals surface area contributed by atoms with Crippen LogP contribution in [0.2, 0.25) is 0 Å². The molecule has 0 aromatic carbocycles. The highest BCUT2D eigenvalue weighted by Gasteiger charge is 2.51. The van der Waals surface area contributed by atoms with E-state index < -0.39 is 12.1 Å². The molecule has 2 fully saturated rings. The Balaban J connectivity index is 1.17. The van der Waals surface area contributed by atoms with Gasteiger partial charge in [-0.3, -0.25) is 19.4 Å². The molecule has 0 aliphatic carbocycles. The van der Waals surface area contributed by atoms with Gasteiger partial charge in [-0.05, 0) is 17.1 Å². The SMILES string of the molecule is CCc1nc(-c2ccc(N3CCN(C(=O)C[N+]4=CN=C5C4C(=O)N(C)C(=O)N5C)CC3)nc2)no1. The van der Waals surface area contributed by atoms with E-state index in [1.165, 1.54) is 18.3 Å². The van der Waals surface area contributed by atoms with Gasteiger partial charge in [0.1, 0.15) is 5.82 Å². The van der Waals surface area contributed by atoms with Gasteiger partial charge in [0.15, 0.2) is 6.54 Å². The summed E-state index contributed by atoms with van der Waals surface area (Å²) in [4.78, 5) is 57.1. The van der Waals surface area contributed by atoms with Crippen molar-refractivity contribution in [3.63, 3.8) is 0 Å². The predicted octanol–water partition coefficient (Wildman–Crippen LogP) is -0.312. The third-order valence-electron chi connectivity index (χ3n) is 6.45. The smallest absolute Gasteiger partial charge is 0.333 e. The lowest BCUT2D eigenvalue weighted by Gasteiger charge is -2.35. The van der Waals surface area contributed by atoms with Crippen LogP contribution >= 0.6 is 0 Å². The van der Waals surface area contributed by atoms with Gasteiger partial charge in [0.25, 0.3) is 30.0 Å². The number of urea groups is 1. The standard InChI is InChI=1S/C22H26N9O4/c1-4-16-25-19(26-35-16)14-5-6-15(23-11-14)29-7-9-30(10-8-29)17(32)12-31-13-24-20-18(31)21(33)28(3)22(34)27(20)2/h5-6,11,13,18H,4,7-10,12H2,1-3H3/q+1. The number of likely N-dealkylation sites (N-methyl/N-ethyl adjacent to an activating group) is 2. The third-order valence-corrected chi connectivity index (χ3v) is 6.45. The zero-order valence-electron chi connectivity index (χ0n) is 19.8. The number of fused-ring (bicyclic) bond motifs is 1. The molecule has 5 rings (SSSR count). The minimum atomic E-state index is -0.761. The first-order chi connectivity index (χ1) is 16.9. The van der Waals surface area contributed by atoms with E-state index in [1.807, 2.05) is 19.1 Å². The minimum Gasteiger partial charge on any atom is -0.353 e. The molecule has 1 atom stereocenters. The number of hydrogen-bond acceptors (Lipinski definition) is 9. The van der Waals surface area contributed by atoms with Crippen molar-refractivity contribution >= 4 is 35.8 Å². The molecule has 3 aliphatic rings. The molecule has 4 amide bonds. The molecule has 13 heteroatoms. The molecule has 0 spiro atoms. The molecule has 5 heterocycles. The van der Waals surface area contributed by atoms with E-state index in [4.69, 9.17) is 4.52 Å². The van der Waals surface area contributed by atoms with E-state index in [1.54, 1.807) is 22.7 Å². The Morgan fingerprint density at radius 2 is 1.91 bits per heavy atom. The maximum Gasteiger partial charge on any atom is 0.333 e. The fourth-order valence-electron chi connectivity index (χ4n) is 4.34. The summed E-state index contributed by atoms with van der Waals surface area (Å²) in [5.41, 5.74) is 0.782. The molecule has 2 aromatic rings. The van der Waals surface area contributed by atoms with Crippen LogP contribution in [0.25, 0.3) is 11.4 Å². The van der Waals surface area contributed by atoms with E-state index in [-0.39, 0.29) is 18.4 Å². The minimum absolute atomic E-state index is 0.0106. The first-order valence-electron chi connectivity index (χ1n) is 11.4. The van der Waals surface area contributed by atoms with Crippen molar-refractivity contribution < 1.29 is 23.5 Å². The molecule has 3 aliphatic heterocycles. The average molecular weight is 481 g/mol. The molecule has 182 valence electrons. The molecule has 13 nitrogen and oxygen atoms in total. The van der Waals surface area contributed by atoms with Gasteiger partial charge in [-0.2, -0.15) is 4.98 Å². The number of carbonyl (C=O) groups is 3. The lowest BCUT2D eigenvalue weighted by atomic mass is 10.1. The Kier molecular flexibility index (Phi) is 5.75. The van der Waals surface area contributed by atoms with Crippen LogP contribution < -0.4 is 4.90 Å². The van der Waals surface area contributed by atoms with Crippen LogP contribution in [-0.4, -0.2) is 117 Å². The number of piperazine rings is 1. The summed E-state index contributed by atoms with van der Waals surface area (Å²) >= 11 is 0. The lowest BCUT2D eigenvalue weighted by molar-refractivity contribution is -0.520. The average Bonchev–Trinajstić information content (AvgIpc) is 3.54. The number of carbonyl (C=O) groups excluding carboxylic acids is 3. The second-order valence-corrected chi connectivity index (χ2v) is 8.55. The van der Waals surface area contributed by atoms with Gasteiger partial charge in [-0.15, -0.1) is 0 Å². The van der Waals surface area contributed by atoms with Gasteiger partial charge in [0.2, 0.25) is 11.7 Å². The Bertz CT molecular complexity index is 1230. The highest BCUT2D eigenvalue weighted by molar-refractivity contribution is 6.21. The van der Waals surface area contributed by atoms with E-state index in [2.05, 4.69) is 25.0 Å². The van der Waals surface area contributed by atoms with Gasteiger partial charge < -0.3 is 14.3 Å². The number of aromatic nitrogens is 3. The van der Waals surface area contributed by atoms with E-state index in [9.17, 15) is 14.4 Å². The second-order valence-electron chi connectivity index (χ2n) is 8.55. The fourth-order valence-corrected chi connectivity index (χ4v) is 4.34. The molecule has 2 aromatic heterocycles. The molecule has 0 bridgehead atoms. The molecule has 2 saturated heterocycles. The summed E-state index contributed by atoms with van der Waals surface area (Å²) in [6.07, 6.45) is 3.86. The number of anilines is 1. The maximum atomic E-state index is 13.0. The molecular formula is C22H26N9O4+. The number of imide groups is 1. The molecule has 0 radical (unpaired) electrons. The van der Waals surface area contributed by atoms with Gasteiger partial charge >= 0.3 is 6.03 Å². The summed E-state index contributed by atoms with van der Waals surface area (Å²) in [6.45, 7) is 4.29. The summed E-state index contributed by atoms with van der Waals surface area (Å²) < 4.78 is 6.75. The van der Waals surface area contributed by atoms with Gasteiger partial charge in [0.05, 0.1) is 0 Å². The fraction of sp³-hybridized carbons (Fsp3) is 0.455. The van der Waals surface area contributed by atoms with Crippen molar-refractivity contribution in [3.8, 4) is 11.4 Å². The molecule has 1 unspecified atom stereocenters. The first kappa shape index (κ1) is 22.6. The Hall–Kier alpha value is -4.16. The van der Waals surface area contributed by atoms with Crippen LogP contribution in [0, 0.1) is 0 Å². The number of hydrogen-bond donors (Lipinski definition) is 0. The van der Waals surface area contributed by atoms with Gasteiger partial charge in [-0.1, -0.05) is 12.1 Å². The Morgan fingerprint density at radius 3 is 2.57 bits per heavy atom. The zero-order valence-corrected chi connectivity index (χ0v) is 19.8. The summed E-state index contributed by atoms with van der Waals surface area (Å²) in [5.74, 6) is 1.77. The highest BCUT2D eigenvalue weighted by Crippen LogP contribution is 2.20. The number of amides is 4. The highest BCUT2D eigenvalue weighted by atomic mass is 16.5. The van der Waals surface area contributed by atoms with Crippen molar-refractivity contribution in [1.82, 2.24) is 29.8 Å². The third kappa shape index (κ3) is 4.02. The first-order valence-corrected chi connectivity index (χ1v) is 11.4. The predicted molar refractivity (Wildman–Crippen MR) is 124 cm³/mol. The van der Waals surface area contributed by atoms with Crippen LogP contribution in [-0.2, 0) is 16.0 Å². The van der Waals surface area contributed by atoms with E-state index in [0.717, 1.165) is 16.3 Å². The summed E-state index contributed by atoms with van der Waals surface area (Å²) in [5, 5.41) is 3.97. The normalized spacial score (nSPS) is 20.3. The van der Waals surface area contributed by atoms with Crippen LogP contribution in [0.1, 0.15) is 12.8 Å². The lowest BCUT2D eigenvalue weighted by Crippen LogP contribution is -2.62. The van der Waals surface area contributed by atoms with E-state index >= 15 is 0 Å². The van der Waals surface area contributed by atoms with E-state index in [0.29, 0.717) is 50.2 Å². The molecular weight excluding hydrogens is 454 g/mol. The second kappa shape index (κ2) is 8.89. The summed E-state index contributed by atoms with van der Waals surface area (Å²) in [7, 11) is 3.00. The number of rotatable bonds is 5. The Morgan fingerprint density at radius 1 is 1.14 bits per heavy atom. The number of aliphatic imine (C=N–C) groups is 1. The van der Waals surface area contributed by atoms with Gasteiger partial charge in [-0.25, -0.2) is 14.4 Å². The number of nitrogens with zero attached hydrogens (tertiary/aromatic N) is 9. The number of aryl methyl sites for hydroxylation is 1. The van der Waals surface area contributed by atoms with Crippen LogP contribution in [0.5, 0.6) is 0 Å². The topological polar surface area (TPSA) is 131 Å². The maximum absolute atomic E-state index is 13.0. The quantitative estimate of drug-likeness (QED) is 0.533. The summed E-state index contributed by atoms with van der Waals surface area (Å²) in [6, 6.07) is 2.62. The van der Waals surface area contributed by atoms with Crippen LogP contribution in [0.3, 0.4) is 0 Å². The van der Waals surface area contributed by atoms with Crippen molar-refractivity contribution in [2.45, 2.75) is 19.4 Å². The van der Waals surface area contributed by atoms with Crippen LogP contribution in [0.15, 0.2) is 27.8 Å². The van der Waals surface area contributed by atoms with Crippen molar-refractivity contribution in [2.75, 3.05) is 51.7 Å². The van der Waals surface area contributed by atoms with Gasteiger partial charge in [0, 0.05) is 58.5 Å². The number of amidine groups is 1. The molecule has 35 heavy (non-hydrogen) atoms. The number of pyridine rings is 1. The molecule has 0 saturated carbocycles. The van der Waals surface area contributed by atoms with Crippen molar-refractivity contribution in [3.05, 3.63) is 24.2 Å². The van der Waals surface area contributed by atoms with Crippen molar-refractivity contribution in [1.29, 1.82) is 0 Å². The Labute approximate surface area is 201 Å². The largest absolute Gasteiger partial charge is 0.353 e.